The van der Waals surface area contributed by atoms with E-state index in [1.54, 1.807) is 48.5 Å². The van der Waals surface area contributed by atoms with Gasteiger partial charge < -0.3 is 14.6 Å². The lowest BCUT2D eigenvalue weighted by atomic mass is 10.1. The fourth-order valence-corrected chi connectivity index (χ4v) is 4.53. The Morgan fingerprint density at radius 3 is 2.25 bits per heavy atom. The first-order valence-electron chi connectivity index (χ1n) is 8.77. The minimum Gasteiger partial charge on any atom is -0.459 e. The molecule has 0 saturated carbocycles. The van der Waals surface area contributed by atoms with Crippen LogP contribution in [0, 0.1) is 0 Å². The van der Waals surface area contributed by atoms with Crippen LogP contribution in [0.2, 0.25) is 0 Å². The van der Waals surface area contributed by atoms with Gasteiger partial charge in [-0.25, -0.2) is 8.42 Å². The molecule has 3 aromatic rings. The molecule has 3 rings (SSSR count). The SMILES string of the molecule is CN(C)c1ccc([C@H](CNC(=O)c2ccco2)S(=O)(=O)c2ccccc2)cc1. The molecule has 0 saturated heterocycles. The number of carbonyl (C=O) groups excluding carboxylic acids is 1. The number of nitrogens with one attached hydrogen (secondary N) is 1. The Morgan fingerprint density at radius 1 is 1.00 bits per heavy atom. The van der Waals surface area contributed by atoms with Crippen molar-refractivity contribution >= 4 is 21.4 Å². The quantitative estimate of drug-likeness (QED) is 0.661. The molecular weight excluding hydrogens is 376 g/mol. The molecule has 146 valence electrons. The molecule has 6 nitrogen and oxygen atoms in total. The van der Waals surface area contributed by atoms with Gasteiger partial charge in [-0.2, -0.15) is 0 Å². The molecule has 0 aliphatic heterocycles. The molecule has 28 heavy (non-hydrogen) atoms. The normalized spacial score (nSPS) is 12.4. The summed E-state index contributed by atoms with van der Waals surface area (Å²) in [5.41, 5.74) is 1.56. The van der Waals surface area contributed by atoms with Gasteiger partial charge in [-0.1, -0.05) is 30.3 Å². The Labute approximate surface area is 164 Å². The van der Waals surface area contributed by atoms with Crippen molar-refractivity contribution in [1.29, 1.82) is 0 Å². The van der Waals surface area contributed by atoms with E-state index in [0.717, 1.165) is 5.69 Å². The van der Waals surface area contributed by atoms with E-state index in [1.165, 1.54) is 12.3 Å². The predicted molar refractivity (Wildman–Crippen MR) is 108 cm³/mol. The van der Waals surface area contributed by atoms with Crippen LogP contribution in [0.3, 0.4) is 0 Å². The van der Waals surface area contributed by atoms with E-state index >= 15 is 0 Å². The molecule has 1 aromatic heterocycles. The van der Waals surface area contributed by atoms with Crippen molar-refractivity contribution in [2.75, 3.05) is 25.5 Å². The van der Waals surface area contributed by atoms with Crippen molar-refractivity contribution < 1.29 is 17.6 Å². The maximum absolute atomic E-state index is 13.3. The molecule has 0 aliphatic rings. The minimum atomic E-state index is -3.71. The molecular formula is C21H22N2O4S. The number of carbonyl (C=O) groups is 1. The first-order chi connectivity index (χ1) is 13.4. The zero-order valence-corrected chi connectivity index (χ0v) is 16.5. The predicted octanol–water partition coefficient (Wildman–Crippen LogP) is 3.29. The number of benzene rings is 2. The van der Waals surface area contributed by atoms with Gasteiger partial charge in [0.2, 0.25) is 0 Å². The van der Waals surface area contributed by atoms with Crippen molar-refractivity contribution in [3.8, 4) is 0 Å². The fraction of sp³-hybridized carbons (Fsp3) is 0.190. The van der Waals surface area contributed by atoms with Crippen LogP contribution in [0.25, 0.3) is 0 Å². The van der Waals surface area contributed by atoms with Crippen LogP contribution in [0.4, 0.5) is 5.69 Å². The number of rotatable bonds is 7. The van der Waals surface area contributed by atoms with Gasteiger partial charge in [-0.05, 0) is 42.0 Å². The fourth-order valence-electron chi connectivity index (χ4n) is 2.85. The van der Waals surface area contributed by atoms with Gasteiger partial charge in [-0.3, -0.25) is 4.79 Å². The molecule has 2 aromatic carbocycles. The van der Waals surface area contributed by atoms with E-state index in [-0.39, 0.29) is 17.2 Å². The summed E-state index contributed by atoms with van der Waals surface area (Å²) in [7, 11) is 0.116. The third-order valence-corrected chi connectivity index (χ3v) is 6.54. The number of anilines is 1. The lowest BCUT2D eigenvalue weighted by Crippen LogP contribution is -2.31. The monoisotopic (exact) mass is 398 g/mol. The Bertz CT molecular complexity index is 1010. The van der Waals surface area contributed by atoms with Crippen LogP contribution >= 0.6 is 0 Å². The third-order valence-electron chi connectivity index (χ3n) is 4.42. The van der Waals surface area contributed by atoms with Crippen molar-refractivity contribution in [2.45, 2.75) is 10.1 Å². The summed E-state index contributed by atoms with van der Waals surface area (Å²) in [5.74, 6) is -0.318. The molecule has 0 unspecified atom stereocenters. The van der Waals surface area contributed by atoms with Gasteiger partial charge in [0.25, 0.3) is 5.91 Å². The lowest BCUT2D eigenvalue weighted by molar-refractivity contribution is 0.0926. The first kappa shape index (κ1) is 19.7. The van der Waals surface area contributed by atoms with Gasteiger partial charge in [0.1, 0.15) is 5.25 Å². The Kier molecular flexibility index (Phi) is 5.84. The summed E-state index contributed by atoms with van der Waals surface area (Å²) in [5, 5.41) is 1.75. The van der Waals surface area contributed by atoms with Crippen LogP contribution < -0.4 is 10.2 Å². The summed E-state index contributed by atoms with van der Waals surface area (Å²) >= 11 is 0. The van der Waals surface area contributed by atoms with Crippen molar-refractivity contribution in [2.24, 2.45) is 0 Å². The highest BCUT2D eigenvalue weighted by molar-refractivity contribution is 7.91. The van der Waals surface area contributed by atoms with Crippen molar-refractivity contribution in [3.63, 3.8) is 0 Å². The molecule has 1 atom stereocenters. The molecule has 0 bridgehead atoms. The second-order valence-electron chi connectivity index (χ2n) is 6.52. The third kappa shape index (κ3) is 4.26. The van der Waals surface area contributed by atoms with Gasteiger partial charge in [0.15, 0.2) is 15.6 Å². The highest BCUT2D eigenvalue weighted by Gasteiger charge is 2.30. The molecule has 0 aliphatic carbocycles. The topological polar surface area (TPSA) is 79.6 Å². The number of hydrogen-bond donors (Lipinski definition) is 1. The molecule has 0 fully saturated rings. The van der Waals surface area contributed by atoms with Crippen LogP contribution in [0.1, 0.15) is 21.4 Å². The van der Waals surface area contributed by atoms with E-state index in [0.29, 0.717) is 5.56 Å². The highest BCUT2D eigenvalue weighted by atomic mass is 32.2. The maximum Gasteiger partial charge on any atom is 0.287 e. The second kappa shape index (κ2) is 8.31. The summed E-state index contributed by atoms with van der Waals surface area (Å²) in [6.07, 6.45) is 1.40. The maximum atomic E-state index is 13.3. The highest BCUT2D eigenvalue weighted by Crippen LogP contribution is 2.29. The molecule has 1 amide bonds. The number of amides is 1. The van der Waals surface area contributed by atoms with Crippen LogP contribution in [-0.2, 0) is 9.84 Å². The molecule has 7 heteroatoms. The molecule has 1 heterocycles. The van der Waals surface area contributed by atoms with Gasteiger partial charge >= 0.3 is 0 Å². The molecule has 0 radical (unpaired) electrons. The van der Waals surface area contributed by atoms with E-state index in [4.69, 9.17) is 4.42 Å². The Hall–Kier alpha value is -3.06. The summed E-state index contributed by atoms with van der Waals surface area (Å²) in [6, 6.07) is 18.7. The van der Waals surface area contributed by atoms with Crippen LogP contribution in [0.15, 0.2) is 82.3 Å². The average molecular weight is 398 g/mol. The number of nitrogens with zero attached hydrogens (tertiary/aromatic N) is 1. The number of sulfone groups is 1. The van der Waals surface area contributed by atoms with Crippen LogP contribution in [-0.4, -0.2) is 35.0 Å². The smallest absolute Gasteiger partial charge is 0.287 e. The van der Waals surface area contributed by atoms with Gasteiger partial charge in [0, 0.05) is 26.3 Å². The molecule has 0 spiro atoms. The summed E-state index contributed by atoms with van der Waals surface area (Å²) in [4.78, 5) is 14.4. The minimum absolute atomic E-state index is 0.0714. The van der Waals surface area contributed by atoms with E-state index in [1.807, 2.05) is 31.1 Å². The van der Waals surface area contributed by atoms with Crippen molar-refractivity contribution in [3.05, 3.63) is 84.3 Å². The summed E-state index contributed by atoms with van der Waals surface area (Å²) < 4.78 is 31.6. The van der Waals surface area contributed by atoms with Gasteiger partial charge in [-0.15, -0.1) is 0 Å². The second-order valence-corrected chi connectivity index (χ2v) is 8.65. The average Bonchev–Trinajstić information content (AvgIpc) is 3.24. The first-order valence-corrected chi connectivity index (χ1v) is 10.3. The molecule has 1 N–H and O–H groups in total. The Balaban J connectivity index is 1.92. The standard InChI is InChI=1S/C21H22N2O4S/c1-23(2)17-12-10-16(11-13-17)20(15-22-21(24)19-9-6-14-27-19)28(25,26)18-7-4-3-5-8-18/h3-14,20H,15H2,1-2H3,(H,22,24)/t20-/m0/s1. The van der Waals surface area contributed by atoms with E-state index in [2.05, 4.69) is 5.32 Å². The zero-order valence-electron chi connectivity index (χ0n) is 15.7. The Morgan fingerprint density at radius 2 is 1.68 bits per heavy atom. The van der Waals surface area contributed by atoms with Gasteiger partial charge in [0.05, 0.1) is 11.2 Å². The van der Waals surface area contributed by atoms with Crippen LogP contribution in [0.5, 0.6) is 0 Å². The summed E-state index contributed by atoms with van der Waals surface area (Å²) in [6.45, 7) is -0.0714. The van der Waals surface area contributed by atoms with E-state index in [9.17, 15) is 13.2 Å². The van der Waals surface area contributed by atoms with Crippen molar-refractivity contribution in [1.82, 2.24) is 5.32 Å². The lowest BCUT2D eigenvalue weighted by Gasteiger charge is -2.20. The largest absolute Gasteiger partial charge is 0.459 e. The zero-order chi connectivity index (χ0) is 20.1. The number of hydrogen-bond acceptors (Lipinski definition) is 5. The van der Waals surface area contributed by atoms with E-state index < -0.39 is 21.0 Å². The number of furan rings is 1.